The van der Waals surface area contributed by atoms with Crippen LogP contribution in [0, 0.1) is 9.81 Å². The van der Waals surface area contributed by atoms with Gasteiger partial charge in [0.05, 0.1) is 19.6 Å². The molecular formula is C36H30CaN6O12S2+2. The van der Waals surface area contributed by atoms with Crippen LogP contribution >= 0.6 is 0 Å². The van der Waals surface area contributed by atoms with Crippen LogP contribution in [-0.2, 0) is 33.1 Å². The Morgan fingerprint density at radius 1 is 0.544 bits per heavy atom. The first-order valence-corrected chi connectivity index (χ1v) is 19.1. The van der Waals surface area contributed by atoms with Gasteiger partial charge in [0.1, 0.15) is 43.1 Å². The van der Waals surface area contributed by atoms with Crippen LogP contribution in [0.1, 0.15) is 25.0 Å². The molecule has 6 aromatic carbocycles. The van der Waals surface area contributed by atoms with Crippen molar-refractivity contribution < 1.29 is 56.4 Å². The Morgan fingerprint density at radius 3 is 1.23 bits per heavy atom. The van der Waals surface area contributed by atoms with E-state index in [-0.39, 0.29) is 115 Å². The number of phenolic OH excluding ortho intramolecular Hbond substituents is 2. The van der Waals surface area contributed by atoms with Crippen LogP contribution in [0.2, 0.25) is 0 Å². The third-order valence-electron chi connectivity index (χ3n) is 8.31. The molecule has 0 saturated heterocycles. The minimum atomic E-state index is -4.74. The minimum absolute atomic E-state index is 0. The fourth-order valence-electron chi connectivity index (χ4n) is 5.51. The molecular weight excluding hydrogens is 813 g/mol. The third kappa shape index (κ3) is 10.1. The molecule has 288 valence electrons. The molecule has 0 heterocycles. The van der Waals surface area contributed by atoms with Crippen molar-refractivity contribution in [3.8, 4) is 11.5 Å². The van der Waals surface area contributed by atoms with Gasteiger partial charge in [-0.3, -0.25) is 0 Å². The van der Waals surface area contributed by atoms with Crippen LogP contribution in [0.25, 0.3) is 21.5 Å². The first-order chi connectivity index (χ1) is 26.4. The second-order valence-corrected chi connectivity index (χ2v) is 14.5. The van der Waals surface area contributed by atoms with Gasteiger partial charge < -0.3 is 19.3 Å². The summed E-state index contributed by atoms with van der Waals surface area (Å²) in [6.45, 7) is 3.76. The van der Waals surface area contributed by atoms with Gasteiger partial charge in [0.2, 0.25) is 0 Å². The second kappa shape index (κ2) is 18.2. The summed E-state index contributed by atoms with van der Waals surface area (Å²) in [5.41, 5.74) is 1.24. The quantitative estimate of drug-likeness (QED) is 0.0441. The largest absolute Gasteiger partial charge is 2.00 e. The zero-order valence-electron chi connectivity index (χ0n) is 29.9. The van der Waals surface area contributed by atoms with Gasteiger partial charge in [-0.25, -0.2) is 27.3 Å². The SMILES string of the molecule is CCc1ccc(N=Nc2c(O)ccc3c(S(=O)(=O)[O-])cccc23)c([N+](=O)O)c1.CCc1ccc(N=Nc2c(O)ccc3c(S(=O)(=O)[O-])cccc23)c([N+](=O)O)c1.[Ca+2]. The first-order valence-electron chi connectivity index (χ1n) is 16.3. The van der Waals surface area contributed by atoms with Crippen molar-refractivity contribution >= 4 is 114 Å². The van der Waals surface area contributed by atoms with Crippen LogP contribution in [0.5, 0.6) is 11.5 Å². The van der Waals surface area contributed by atoms with E-state index in [9.17, 15) is 56.4 Å². The van der Waals surface area contributed by atoms with Crippen molar-refractivity contribution in [3.05, 3.63) is 118 Å². The van der Waals surface area contributed by atoms with Gasteiger partial charge in [-0.2, -0.15) is 0 Å². The van der Waals surface area contributed by atoms with Gasteiger partial charge in [0, 0.05) is 33.7 Å². The molecule has 0 aliphatic rings. The molecule has 0 aliphatic heterocycles. The molecule has 57 heavy (non-hydrogen) atoms. The van der Waals surface area contributed by atoms with Crippen LogP contribution in [0.15, 0.2) is 127 Å². The summed E-state index contributed by atoms with van der Waals surface area (Å²) in [5.74, 6) is -0.599. The molecule has 0 spiro atoms. The molecule has 18 nitrogen and oxygen atoms in total. The summed E-state index contributed by atoms with van der Waals surface area (Å²) in [6.07, 6.45) is 1.27. The Hall–Kier alpha value is -5.48. The molecule has 0 radical (unpaired) electrons. The van der Waals surface area contributed by atoms with Gasteiger partial charge in [-0.1, -0.05) is 50.2 Å². The van der Waals surface area contributed by atoms with Crippen molar-refractivity contribution in [2.75, 3.05) is 0 Å². The van der Waals surface area contributed by atoms with Crippen LogP contribution in [0.3, 0.4) is 0 Å². The van der Waals surface area contributed by atoms with Crippen molar-refractivity contribution in [1.82, 2.24) is 0 Å². The molecule has 0 unspecified atom stereocenters. The fourth-order valence-corrected chi connectivity index (χ4v) is 6.90. The summed E-state index contributed by atoms with van der Waals surface area (Å²) in [5, 5.41) is 55.1. The molecule has 0 bridgehead atoms. The molecule has 6 aromatic rings. The van der Waals surface area contributed by atoms with E-state index in [0.717, 1.165) is 23.3 Å². The molecule has 0 amide bonds. The van der Waals surface area contributed by atoms with E-state index in [1.807, 2.05) is 13.8 Å². The van der Waals surface area contributed by atoms with E-state index in [1.165, 1.54) is 72.8 Å². The first kappa shape index (κ1) is 44.2. The maximum atomic E-state index is 11.5. The van der Waals surface area contributed by atoms with Crippen molar-refractivity contribution in [3.63, 3.8) is 0 Å². The predicted octanol–water partition coefficient (Wildman–Crippen LogP) is 8.07. The number of hydrogen-bond donors (Lipinski definition) is 4. The Bertz CT molecular complexity index is 2640. The van der Waals surface area contributed by atoms with Crippen molar-refractivity contribution in [1.29, 1.82) is 0 Å². The number of aromatic hydroxyl groups is 2. The topological polar surface area (TPSA) is 285 Å². The third-order valence-corrected chi connectivity index (χ3v) is 10.1. The van der Waals surface area contributed by atoms with E-state index < -0.39 is 30.0 Å². The average Bonchev–Trinajstić information content (AvgIpc) is 3.15. The summed E-state index contributed by atoms with van der Waals surface area (Å²) in [7, 11) is -9.47. The smallest absolute Gasteiger partial charge is 0.744 e. The van der Waals surface area contributed by atoms with Gasteiger partial charge in [-0.05, 0) is 72.5 Å². The molecule has 6 rings (SSSR count). The van der Waals surface area contributed by atoms with Gasteiger partial charge in [0.15, 0.2) is 11.4 Å². The second-order valence-electron chi connectivity index (χ2n) is 11.8. The van der Waals surface area contributed by atoms with Crippen LogP contribution in [0.4, 0.5) is 34.1 Å². The molecule has 0 fully saturated rings. The van der Waals surface area contributed by atoms with Crippen LogP contribution in [-0.4, -0.2) is 94.2 Å². The Morgan fingerprint density at radius 2 is 0.912 bits per heavy atom. The van der Waals surface area contributed by atoms with E-state index in [0.29, 0.717) is 12.8 Å². The Kier molecular flexibility index (Phi) is 14.1. The molecule has 0 aliphatic carbocycles. The molecule has 4 N–H and O–H groups in total. The van der Waals surface area contributed by atoms with E-state index in [4.69, 9.17) is 0 Å². The number of azo groups is 2. The van der Waals surface area contributed by atoms with Gasteiger partial charge in [-0.15, -0.1) is 20.5 Å². The predicted molar refractivity (Wildman–Crippen MR) is 203 cm³/mol. The number of benzene rings is 6. The van der Waals surface area contributed by atoms with E-state index in [2.05, 4.69) is 20.5 Å². The maximum Gasteiger partial charge on any atom is 2.00 e. The summed E-state index contributed by atoms with van der Waals surface area (Å²) < 4.78 is 68.8. The number of nitrogens with zero attached hydrogens (tertiary/aromatic N) is 6. The minimum Gasteiger partial charge on any atom is -0.744 e. The van der Waals surface area contributed by atoms with E-state index in [1.54, 1.807) is 12.1 Å². The molecule has 0 saturated carbocycles. The zero-order valence-corrected chi connectivity index (χ0v) is 33.8. The normalized spacial score (nSPS) is 11.7. The van der Waals surface area contributed by atoms with Gasteiger partial charge >= 0.3 is 49.1 Å². The number of hydrogen-bond acceptors (Lipinski definition) is 14. The summed E-state index contributed by atoms with van der Waals surface area (Å²) in [4.78, 5) is 21.2. The Labute approximate surface area is 354 Å². The Balaban J connectivity index is 0.000000248. The average molecular weight is 843 g/mol. The number of rotatable bonds is 10. The molecule has 0 atom stereocenters. The maximum absolute atomic E-state index is 11.5. The molecule has 21 heteroatoms. The molecule has 0 aromatic heterocycles. The van der Waals surface area contributed by atoms with Crippen LogP contribution < -0.4 is 0 Å². The number of aryl methyl sites for hydroxylation is 2. The van der Waals surface area contributed by atoms with Gasteiger partial charge in [0.25, 0.3) is 9.85 Å². The fraction of sp³-hybridized carbons (Fsp3) is 0.111. The van der Waals surface area contributed by atoms with Crippen molar-refractivity contribution in [2.45, 2.75) is 36.5 Å². The standard InChI is InChI=1S/2C18H15N3O6S.Ca/c2*1-2-11-6-8-14(15(10-11)21(23)24)19-20-18-13-4-3-5-17(28(25,26)27)12(13)7-9-16(18)22;/h2*3-10H,2H2,1H3,(H2-,19,22,23,24,25,26,27);/q;;+2. The summed E-state index contributed by atoms with van der Waals surface area (Å²) >= 11 is 0. The summed E-state index contributed by atoms with van der Waals surface area (Å²) in [6, 6.07) is 22.2. The number of fused-ring (bicyclic) bond motifs is 2. The number of phenols is 2. The van der Waals surface area contributed by atoms with E-state index >= 15 is 0 Å². The van der Waals surface area contributed by atoms with Crippen molar-refractivity contribution in [2.24, 2.45) is 20.5 Å². The monoisotopic (exact) mass is 842 g/mol. The zero-order chi connectivity index (χ0) is 40.9.